The molecule has 92 valence electrons. The molecule has 0 atom stereocenters. The van der Waals surface area contributed by atoms with E-state index < -0.39 is 0 Å². The molecule has 3 heteroatoms. The molecule has 0 aliphatic heterocycles. The molecule has 0 spiro atoms. The Morgan fingerprint density at radius 2 is 2.00 bits per heavy atom. The van der Waals surface area contributed by atoms with Crippen LogP contribution in [0.25, 0.3) is 28.1 Å². The summed E-state index contributed by atoms with van der Waals surface area (Å²) in [5, 5.41) is 1.10. The van der Waals surface area contributed by atoms with Crippen LogP contribution in [0, 0.1) is 6.92 Å². The van der Waals surface area contributed by atoms with E-state index in [9.17, 15) is 0 Å². The van der Waals surface area contributed by atoms with Crippen LogP contribution >= 0.6 is 0 Å². The van der Waals surface area contributed by atoms with Crippen LogP contribution in [0.4, 0.5) is 0 Å². The van der Waals surface area contributed by atoms with Crippen LogP contribution < -0.4 is 0 Å². The van der Waals surface area contributed by atoms with Crippen molar-refractivity contribution in [1.29, 1.82) is 0 Å². The van der Waals surface area contributed by atoms with Gasteiger partial charge in [0.2, 0.25) is 0 Å². The van der Waals surface area contributed by atoms with E-state index in [0.717, 1.165) is 33.6 Å². The van der Waals surface area contributed by atoms with Crippen LogP contribution in [0.3, 0.4) is 0 Å². The number of benzene rings is 1. The van der Waals surface area contributed by atoms with E-state index >= 15 is 0 Å². The lowest BCUT2D eigenvalue weighted by Crippen LogP contribution is -1.83. The van der Waals surface area contributed by atoms with Crippen molar-refractivity contribution in [2.75, 3.05) is 0 Å². The summed E-state index contributed by atoms with van der Waals surface area (Å²) in [4.78, 5) is 4.65. The fourth-order valence-corrected chi connectivity index (χ4v) is 2.38. The molecule has 0 aliphatic rings. The van der Waals surface area contributed by atoms with E-state index in [-0.39, 0.29) is 0 Å². The van der Waals surface area contributed by atoms with Crippen molar-refractivity contribution in [3.8, 4) is 11.5 Å². The zero-order valence-corrected chi connectivity index (χ0v) is 10.5. The molecule has 0 saturated heterocycles. The molecule has 0 unspecified atom stereocenters. The first-order valence-corrected chi connectivity index (χ1v) is 6.24. The number of nitrogens with zero attached hydrogens (tertiary/aromatic N) is 2. The maximum absolute atomic E-state index is 5.85. The third-order valence-corrected chi connectivity index (χ3v) is 3.36. The van der Waals surface area contributed by atoms with Gasteiger partial charge in [-0.1, -0.05) is 24.3 Å². The molecule has 4 rings (SSSR count). The maximum Gasteiger partial charge on any atom is 0.155 e. The molecule has 0 N–H and O–H groups in total. The van der Waals surface area contributed by atoms with Crippen LogP contribution in [-0.2, 0) is 0 Å². The first kappa shape index (κ1) is 10.4. The van der Waals surface area contributed by atoms with Crippen LogP contribution in [0.2, 0.25) is 0 Å². The minimum absolute atomic E-state index is 0.810. The Balaban J connectivity index is 1.96. The van der Waals surface area contributed by atoms with Crippen LogP contribution in [0.5, 0.6) is 0 Å². The first-order chi connectivity index (χ1) is 9.31. The van der Waals surface area contributed by atoms with Gasteiger partial charge in [-0.25, -0.2) is 4.98 Å². The molecule has 3 nitrogen and oxygen atoms in total. The van der Waals surface area contributed by atoms with Crippen molar-refractivity contribution in [3.63, 3.8) is 0 Å². The van der Waals surface area contributed by atoms with E-state index in [2.05, 4.69) is 18.0 Å². The van der Waals surface area contributed by atoms with Crippen molar-refractivity contribution in [1.82, 2.24) is 9.38 Å². The van der Waals surface area contributed by atoms with Gasteiger partial charge in [0.15, 0.2) is 5.76 Å². The van der Waals surface area contributed by atoms with Gasteiger partial charge < -0.3 is 8.82 Å². The monoisotopic (exact) mass is 248 g/mol. The molecular weight excluding hydrogens is 236 g/mol. The topological polar surface area (TPSA) is 30.4 Å². The number of hydrogen-bond acceptors (Lipinski definition) is 2. The number of fused-ring (bicyclic) bond motifs is 2. The molecule has 0 aliphatic carbocycles. The molecule has 0 bridgehead atoms. The number of rotatable bonds is 1. The fourth-order valence-electron chi connectivity index (χ4n) is 2.38. The van der Waals surface area contributed by atoms with Gasteiger partial charge in [-0.15, -0.1) is 0 Å². The smallest absolute Gasteiger partial charge is 0.155 e. The Morgan fingerprint density at radius 1 is 1.11 bits per heavy atom. The summed E-state index contributed by atoms with van der Waals surface area (Å²) in [6.07, 6.45) is 4.00. The first-order valence-electron chi connectivity index (χ1n) is 6.24. The summed E-state index contributed by atoms with van der Waals surface area (Å²) in [7, 11) is 0. The van der Waals surface area contributed by atoms with Gasteiger partial charge >= 0.3 is 0 Å². The predicted molar refractivity (Wildman–Crippen MR) is 75.1 cm³/mol. The zero-order valence-electron chi connectivity index (χ0n) is 10.5. The van der Waals surface area contributed by atoms with Crippen molar-refractivity contribution in [2.45, 2.75) is 6.92 Å². The highest BCUT2D eigenvalue weighted by atomic mass is 16.3. The standard InChI is InChI=1S/C16H12N2O/c1-11-5-4-8-18-10-13(17-16(11)18)15-9-12-6-2-3-7-14(12)19-15/h2-10H,1H3. The number of para-hydroxylation sites is 1. The third kappa shape index (κ3) is 1.55. The molecule has 1 aromatic carbocycles. The van der Waals surface area contributed by atoms with E-state index in [1.165, 1.54) is 0 Å². The highest BCUT2D eigenvalue weighted by Gasteiger charge is 2.10. The van der Waals surface area contributed by atoms with Crippen molar-refractivity contribution >= 4 is 16.6 Å². The number of pyridine rings is 1. The SMILES string of the molecule is Cc1cccn2cc(-c3cc4ccccc4o3)nc12. The Bertz CT molecular complexity index is 853. The second-order valence-electron chi connectivity index (χ2n) is 4.70. The summed E-state index contributed by atoms with van der Waals surface area (Å²) in [6.45, 7) is 2.06. The van der Waals surface area contributed by atoms with Crippen LogP contribution in [0.15, 0.2) is 59.3 Å². The molecule has 3 heterocycles. The summed E-state index contributed by atoms with van der Waals surface area (Å²) in [5.41, 5.74) is 3.89. The lowest BCUT2D eigenvalue weighted by molar-refractivity contribution is 0.629. The Kier molecular flexibility index (Phi) is 2.03. The summed E-state index contributed by atoms with van der Waals surface area (Å²) >= 11 is 0. The predicted octanol–water partition coefficient (Wildman–Crippen LogP) is 4.06. The van der Waals surface area contributed by atoms with Crippen molar-refractivity contribution < 1.29 is 4.42 Å². The summed E-state index contributed by atoms with van der Waals surface area (Å²) in [5.74, 6) is 0.810. The Labute approximate surface area is 110 Å². The van der Waals surface area contributed by atoms with Gasteiger partial charge in [0.25, 0.3) is 0 Å². The van der Waals surface area contributed by atoms with E-state index in [1.807, 2.05) is 53.2 Å². The second kappa shape index (κ2) is 3.72. The summed E-state index contributed by atoms with van der Waals surface area (Å²) < 4.78 is 7.87. The van der Waals surface area contributed by atoms with E-state index in [4.69, 9.17) is 4.42 Å². The number of aryl methyl sites for hydroxylation is 1. The minimum Gasteiger partial charge on any atom is -0.454 e. The lowest BCUT2D eigenvalue weighted by Gasteiger charge is -1.93. The van der Waals surface area contributed by atoms with Crippen LogP contribution in [0.1, 0.15) is 5.56 Å². The molecular formula is C16H12N2O. The second-order valence-corrected chi connectivity index (χ2v) is 4.70. The number of furan rings is 1. The Hall–Kier alpha value is -2.55. The molecule has 0 saturated carbocycles. The van der Waals surface area contributed by atoms with Gasteiger partial charge in [0, 0.05) is 17.8 Å². The Morgan fingerprint density at radius 3 is 2.84 bits per heavy atom. The molecule has 4 aromatic rings. The van der Waals surface area contributed by atoms with Gasteiger partial charge in [0.05, 0.1) is 0 Å². The van der Waals surface area contributed by atoms with Gasteiger partial charge in [-0.05, 0) is 30.7 Å². The van der Waals surface area contributed by atoms with Gasteiger partial charge in [-0.3, -0.25) is 0 Å². The molecule has 3 aromatic heterocycles. The highest BCUT2D eigenvalue weighted by Crippen LogP contribution is 2.27. The van der Waals surface area contributed by atoms with Crippen molar-refractivity contribution in [3.05, 3.63) is 60.4 Å². The van der Waals surface area contributed by atoms with Gasteiger partial charge in [0.1, 0.15) is 16.9 Å². The quantitative estimate of drug-likeness (QED) is 0.508. The maximum atomic E-state index is 5.85. The zero-order chi connectivity index (χ0) is 12.8. The van der Waals surface area contributed by atoms with Gasteiger partial charge in [-0.2, -0.15) is 0 Å². The average molecular weight is 248 g/mol. The van der Waals surface area contributed by atoms with Crippen molar-refractivity contribution in [2.24, 2.45) is 0 Å². The lowest BCUT2D eigenvalue weighted by atomic mass is 10.2. The highest BCUT2D eigenvalue weighted by molar-refractivity contribution is 5.82. The molecule has 0 radical (unpaired) electrons. The van der Waals surface area contributed by atoms with Crippen LogP contribution in [-0.4, -0.2) is 9.38 Å². The molecule has 0 amide bonds. The fraction of sp³-hybridized carbons (Fsp3) is 0.0625. The minimum atomic E-state index is 0.810. The summed E-state index contributed by atoms with van der Waals surface area (Å²) in [6, 6.07) is 14.1. The molecule has 0 fully saturated rings. The van der Waals surface area contributed by atoms with E-state index in [0.29, 0.717) is 0 Å². The largest absolute Gasteiger partial charge is 0.454 e. The number of hydrogen-bond donors (Lipinski definition) is 0. The number of aromatic nitrogens is 2. The van der Waals surface area contributed by atoms with E-state index in [1.54, 1.807) is 0 Å². The molecule has 19 heavy (non-hydrogen) atoms. The number of imidazole rings is 1. The third-order valence-electron chi connectivity index (χ3n) is 3.36. The average Bonchev–Trinajstić information content (AvgIpc) is 3.02. The normalized spacial score (nSPS) is 11.4.